The summed E-state index contributed by atoms with van der Waals surface area (Å²) < 4.78 is 0. The van der Waals surface area contributed by atoms with E-state index in [0.29, 0.717) is 10.0 Å². The Bertz CT molecular complexity index is 518. The fraction of sp³-hybridized carbons (Fsp3) is 0. The minimum atomic E-state index is -0.147. The van der Waals surface area contributed by atoms with Crippen LogP contribution in [0.2, 0.25) is 10.0 Å². The predicted octanol–water partition coefficient (Wildman–Crippen LogP) is 2.83. The molecule has 2 nitrogen and oxygen atoms in total. The Morgan fingerprint density at radius 2 is 1.62 bits per heavy atom. The van der Waals surface area contributed by atoms with Crippen LogP contribution in [-0.4, -0.2) is 4.98 Å². The molecule has 66 valence electrons. The summed E-state index contributed by atoms with van der Waals surface area (Å²) >= 11 is 11.6. The van der Waals surface area contributed by atoms with Gasteiger partial charge in [-0.05, 0) is 22.9 Å². The largest absolute Gasteiger partial charge is 0.328 e. The van der Waals surface area contributed by atoms with Gasteiger partial charge in [0.2, 0.25) is 5.56 Å². The molecule has 1 aromatic carbocycles. The van der Waals surface area contributed by atoms with Gasteiger partial charge in [0.25, 0.3) is 0 Å². The monoisotopic (exact) mass is 213 g/mol. The molecular formula is C9H5Cl2NO. The maximum Gasteiger partial charge on any atom is 0.248 e. The number of benzene rings is 1. The number of H-pyrrole nitrogens is 1. The fourth-order valence-electron chi connectivity index (χ4n) is 1.16. The van der Waals surface area contributed by atoms with Gasteiger partial charge in [-0.1, -0.05) is 23.2 Å². The van der Waals surface area contributed by atoms with Gasteiger partial charge in [0.15, 0.2) is 0 Å². The molecular weight excluding hydrogens is 209 g/mol. The summed E-state index contributed by atoms with van der Waals surface area (Å²) in [6.45, 7) is 0. The van der Waals surface area contributed by atoms with Crippen molar-refractivity contribution in [1.29, 1.82) is 0 Å². The number of halogens is 2. The van der Waals surface area contributed by atoms with Crippen molar-refractivity contribution in [2.24, 2.45) is 0 Å². The zero-order valence-electron chi connectivity index (χ0n) is 6.47. The first-order valence-corrected chi connectivity index (χ1v) is 4.40. The Labute approximate surface area is 84.1 Å². The molecule has 4 heteroatoms. The summed E-state index contributed by atoms with van der Waals surface area (Å²) in [5.41, 5.74) is -0.147. The summed E-state index contributed by atoms with van der Waals surface area (Å²) in [5, 5.41) is 2.60. The second-order valence-electron chi connectivity index (χ2n) is 2.69. The van der Waals surface area contributed by atoms with Crippen LogP contribution in [0.25, 0.3) is 10.8 Å². The predicted molar refractivity (Wildman–Crippen MR) is 54.6 cm³/mol. The van der Waals surface area contributed by atoms with E-state index in [2.05, 4.69) is 4.98 Å². The van der Waals surface area contributed by atoms with E-state index in [9.17, 15) is 4.79 Å². The van der Waals surface area contributed by atoms with Gasteiger partial charge < -0.3 is 4.98 Å². The molecule has 0 aliphatic heterocycles. The molecule has 0 amide bonds. The molecule has 0 bridgehead atoms. The third-order valence-electron chi connectivity index (χ3n) is 1.78. The highest BCUT2D eigenvalue weighted by Crippen LogP contribution is 2.26. The van der Waals surface area contributed by atoms with Crippen molar-refractivity contribution in [3.63, 3.8) is 0 Å². The highest BCUT2D eigenvalue weighted by molar-refractivity contribution is 6.42. The van der Waals surface area contributed by atoms with E-state index in [1.54, 1.807) is 18.3 Å². The van der Waals surface area contributed by atoms with E-state index >= 15 is 0 Å². The van der Waals surface area contributed by atoms with Crippen molar-refractivity contribution in [3.05, 3.63) is 44.8 Å². The average molecular weight is 214 g/mol. The first-order chi connectivity index (χ1) is 6.16. The lowest BCUT2D eigenvalue weighted by molar-refractivity contribution is 1.27. The fourth-order valence-corrected chi connectivity index (χ4v) is 1.50. The van der Waals surface area contributed by atoms with Crippen molar-refractivity contribution in [2.45, 2.75) is 0 Å². The van der Waals surface area contributed by atoms with Gasteiger partial charge in [0, 0.05) is 12.3 Å². The first kappa shape index (κ1) is 8.60. The quantitative estimate of drug-likeness (QED) is 0.718. The van der Waals surface area contributed by atoms with Crippen molar-refractivity contribution < 1.29 is 0 Å². The van der Waals surface area contributed by atoms with Crippen LogP contribution < -0.4 is 5.56 Å². The summed E-state index contributed by atoms with van der Waals surface area (Å²) in [5.74, 6) is 0. The Morgan fingerprint density at radius 1 is 1.00 bits per heavy atom. The number of rotatable bonds is 0. The number of fused-ring (bicyclic) bond motifs is 1. The number of hydrogen-bond donors (Lipinski definition) is 1. The van der Waals surface area contributed by atoms with E-state index in [4.69, 9.17) is 23.2 Å². The van der Waals surface area contributed by atoms with E-state index in [0.717, 1.165) is 10.8 Å². The normalized spacial score (nSPS) is 10.6. The Kier molecular flexibility index (Phi) is 2.02. The van der Waals surface area contributed by atoms with E-state index in [1.165, 1.54) is 6.07 Å². The Balaban J connectivity index is 2.89. The molecule has 0 aliphatic rings. The summed E-state index contributed by atoms with van der Waals surface area (Å²) in [4.78, 5) is 13.5. The minimum absolute atomic E-state index is 0.147. The standard InChI is InChI=1S/C9H5Cl2NO/c10-7-1-5-3-9(13)12-4-6(5)2-8(7)11/h1-4H,(H,12,13). The van der Waals surface area contributed by atoms with Crippen LogP contribution in [0.1, 0.15) is 0 Å². The molecule has 1 heterocycles. The molecule has 0 unspecified atom stereocenters. The number of aromatic nitrogens is 1. The van der Waals surface area contributed by atoms with Crippen molar-refractivity contribution in [3.8, 4) is 0 Å². The Morgan fingerprint density at radius 3 is 2.31 bits per heavy atom. The van der Waals surface area contributed by atoms with Crippen LogP contribution in [0.4, 0.5) is 0 Å². The van der Waals surface area contributed by atoms with Crippen molar-refractivity contribution >= 4 is 34.0 Å². The van der Waals surface area contributed by atoms with Crippen LogP contribution in [0.15, 0.2) is 29.2 Å². The molecule has 13 heavy (non-hydrogen) atoms. The topological polar surface area (TPSA) is 32.9 Å². The van der Waals surface area contributed by atoms with Crippen LogP contribution in [0.3, 0.4) is 0 Å². The second-order valence-corrected chi connectivity index (χ2v) is 3.51. The molecule has 0 atom stereocenters. The van der Waals surface area contributed by atoms with Crippen LogP contribution in [0.5, 0.6) is 0 Å². The number of hydrogen-bond acceptors (Lipinski definition) is 1. The number of nitrogens with one attached hydrogen (secondary N) is 1. The zero-order valence-corrected chi connectivity index (χ0v) is 7.99. The van der Waals surface area contributed by atoms with Gasteiger partial charge in [-0.15, -0.1) is 0 Å². The lowest BCUT2D eigenvalue weighted by Gasteiger charge is -1.99. The summed E-state index contributed by atoms with van der Waals surface area (Å²) in [6.07, 6.45) is 1.61. The van der Waals surface area contributed by atoms with Gasteiger partial charge in [-0.3, -0.25) is 4.79 Å². The molecule has 0 fully saturated rings. The molecule has 0 saturated heterocycles. The summed E-state index contributed by atoms with van der Waals surface area (Å²) in [7, 11) is 0. The molecule has 2 rings (SSSR count). The van der Waals surface area contributed by atoms with Crippen molar-refractivity contribution in [1.82, 2.24) is 4.98 Å². The molecule has 0 aliphatic carbocycles. The van der Waals surface area contributed by atoms with Gasteiger partial charge in [0.05, 0.1) is 10.0 Å². The van der Waals surface area contributed by atoms with E-state index in [-0.39, 0.29) is 5.56 Å². The minimum Gasteiger partial charge on any atom is -0.328 e. The average Bonchev–Trinajstić information content (AvgIpc) is 2.08. The third-order valence-corrected chi connectivity index (χ3v) is 2.50. The SMILES string of the molecule is O=c1cc2cc(Cl)c(Cl)cc2c[nH]1. The lowest BCUT2D eigenvalue weighted by atomic mass is 10.2. The highest BCUT2D eigenvalue weighted by Gasteiger charge is 2.00. The maximum absolute atomic E-state index is 10.9. The summed E-state index contributed by atoms with van der Waals surface area (Å²) in [6, 6.07) is 4.88. The molecule has 0 saturated carbocycles. The Hall–Kier alpha value is -0.990. The van der Waals surface area contributed by atoms with Gasteiger partial charge in [-0.25, -0.2) is 0 Å². The third kappa shape index (κ3) is 1.55. The smallest absolute Gasteiger partial charge is 0.248 e. The van der Waals surface area contributed by atoms with E-state index in [1.807, 2.05) is 0 Å². The second kappa shape index (κ2) is 3.05. The highest BCUT2D eigenvalue weighted by atomic mass is 35.5. The van der Waals surface area contributed by atoms with Crippen molar-refractivity contribution in [2.75, 3.05) is 0 Å². The molecule has 2 aromatic rings. The number of pyridine rings is 1. The molecule has 1 aromatic heterocycles. The van der Waals surface area contributed by atoms with Crippen LogP contribution >= 0.6 is 23.2 Å². The molecule has 1 N–H and O–H groups in total. The molecule has 0 radical (unpaired) electrons. The lowest BCUT2D eigenvalue weighted by Crippen LogP contribution is -2.01. The zero-order chi connectivity index (χ0) is 9.42. The van der Waals surface area contributed by atoms with Gasteiger partial charge >= 0.3 is 0 Å². The van der Waals surface area contributed by atoms with Gasteiger partial charge in [-0.2, -0.15) is 0 Å². The maximum atomic E-state index is 10.9. The van der Waals surface area contributed by atoms with Crippen LogP contribution in [0, 0.1) is 0 Å². The molecule has 0 spiro atoms. The first-order valence-electron chi connectivity index (χ1n) is 3.64. The van der Waals surface area contributed by atoms with E-state index < -0.39 is 0 Å². The van der Waals surface area contributed by atoms with Gasteiger partial charge in [0.1, 0.15) is 0 Å². The van der Waals surface area contributed by atoms with Crippen LogP contribution in [-0.2, 0) is 0 Å². The number of aromatic amines is 1.